The van der Waals surface area contributed by atoms with Crippen LogP contribution >= 0.6 is 0 Å². The van der Waals surface area contributed by atoms with Gasteiger partial charge in [-0.05, 0) is 41.3 Å². The highest BCUT2D eigenvalue weighted by Crippen LogP contribution is 2.25. The minimum Gasteiger partial charge on any atom is -0.376 e. The smallest absolute Gasteiger partial charge is 0.256 e. The van der Waals surface area contributed by atoms with E-state index in [2.05, 4.69) is 41.6 Å². The highest BCUT2D eigenvalue weighted by Gasteiger charge is 2.27. The third-order valence-corrected chi connectivity index (χ3v) is 6.88. The van der Waals surface area contributed by atoms with Gasteiger partial charge in [-0.25, -0.2) is 5.01 Å². The molecule has 2 aromatic carbocycles. The number of carbonyl (C=O) groups excluding carboxylic acids is 2. The molecule has 0 fully saturated rings. The molecule has 0 atom stereocenters. The third kappa shape index (κ3) is 6.96. The molecule has 1 aliphatic rings. The first-order chi connectivity index (χ1) is 18.3. The van der Waals surface area contributed by atoms with Crippen molar-refractivity contribution < 1.29 is 9.59 Å². The van der Waals surface area contributed by atoms with Crippen molar-refractivity contribution in [3.05, 3.63) is 83.7 Å². The molecule has 8 nitrogen and oxygen atoms in total. The number of carbonyl (C=O) groups is 2. The topological polar surface area (TPSA) is 80.8 Å². The summed E-state index contributed by atoms with van der Waals surface area (Å²) in [5.41, 5.74) is 6.44. The largest absolute Gasteiger partial charge is 0.376 e. The number of likely N-dealkylation sites (N-methyl/N-ethyl adjacent to an activating group) is 1. The van der Waals surface area contributed by atoms with Gasteiger partial charge in [0.05, 0.1) is 6.54 Å². The molecule has 2 heterocycles. The van der Waals surface area contributed by atoms with Crippen LogP contribution in [0.25, 0.3) is 11.1 Å². The molecule has 4 rings (SSSR count). The lowest BCUT2D eigenvalue weighted by molar-refractivity contribution is -0.151. The quantitative estimate of drug-likeness (QED) is 0.406. The molecular formula is C30H38N6O2. The van der Waals surface area contributed by atoms with Crippen molar-refractivity contribution in [2.75, 3.05) is 38.5 Å². The van der Waals surface area contributed by atoms with Crippen molar-refractivity contribution in [2.45, 2.75) is 39.9 Å². The summed E-state index contributed by atoms with van der Waals surface area (Å²) in [4.78, 5) is 32.5. The predicted molar refractivity (Wildman–Crippen MR) is 151 cm³/mol. The zero-order chi connectivity index (χ0) is 27.1. The van der Waals surface area contributed by atoms with Gasteiger partial charge in [0.1, 0.15) is 6.54 Å². The zero-order valence-corrected chi connectivity index (χ0v) is 22.8. The van der Waals surface area contributed by atoms with Crippen molar-refractivity contribution in [3.63, 3.8) is 0 Å². The molecule has 0 unspecified atom stereocenters. The summed E-state index contributed by atoms with van der Waals surface area (Å²) in [5, 5.41) is 10.3. The number of nitrogens with zero attached hydrogens (tertiary/aromatic N) is 4. The Kier molecular flexibility index (Phi) is 9.10. The molecule has 0 radical (unpaired) electrons. The number of hydrogen-bond acceptors (Lipinski definition) is 6. The molecule has 3 aromatic rings. The maximum absolute atomic E-state index is 13.4. The number of nitrogens with one attached hydrogen (secondary N) is 2. The number of amides is 2. The van der Waals surface area contributed by atoms with E-state index in [1.54, 1.807) is 23.2 Å². The van der Waals surface area contributed by atoms with Gasteiger partial charge in [0.25, 0.3) is 5.91 Å². The Morgan fingerprint density at radius 2 is 1.74 bits per heavy atom. The number of pyridine rings is 1. The standard InChI is InChI=1S/C30H38N6O2/c1-22(2)32-14-15-35(21-30(38)34(4)36-19-26-8-5-6-9-27(26)20-36)29(37)18-33-28-16-24(12-11-23(28)3)25-10-7-13-31-17-25/h5-13,16-17,22,32-33H,14-15,18-21H2,1-4H3. The molecular weight excluding hydrogens is 476 g/mol. The van der Waals surface area contributed by atoms with Gasteiger partial charge >= 0.3 is 0 Å². The lowest BCUT2D eigenvalue weighted by atomic mass is 10.0. The monoisotopic (exact) mass is 514 g/mol. The molecule has 0 aliphatic carbocycles. The molecule has 1 aliphatic heterocycles. The van der Waals surface area contributed by atoms with E-state index in [0.717, 1.165) is 22.4 Å². The molecule has 200 valence electrons. The summed E-state index contributed by atoms with van der Waals surface area (Å²) in [6, 6.07) is 18.6. The van der Waals surface area contributed by atoms with Crippen LogP contribution in [0, 0.1) is 6.92 Å². The highest BCUT2D eigenvalue weighted by atomic mass is 16.2. The number of aromatic nitrogens is 1. The van der Waals surface area contributed by atoms with E-state index in [0.29, 0.717) is 32.2 Å². The van der Waals surface area contributed by atoms with Crippen LogP contribution in [-0.2, 0) is 22.7 Å². The first kappa shape index (κ1) is 27.3. The van der Waals surface area contributed by atoms with Crippen LogP contribution in [0.3, 0.4) is 0 Å². The molecule has 8 heteroatoms. The Hall–Kier alpha value is -3.75. The van der Waals surface area contributed by atoms with E-state index < -0.39 is 0 Å². The van der Waals surface area contributed by atoms with Gasteiger partial charge in [-0.15, -0.1) is 0 Å². The van der Waals surface area contributed by atoms with Gasteiger partial charge in [0.15, 0.2) is 0 Å². The van der Waals surface area contributed by atoms with Crippen LogP contribution < -0.4 is 10.6 Å². The number of benzene rings is 2. The van der Waals surface area contributed by atoms with Gasteiger partial charge in [0.2, 0.25) is 5.91 Å². The average molecular weight is 515 g/mol. The van der Waals surface area contributed by atoms with Gasteiger partial charge < -0.3 is 15.5 Å². The van der Waals surface area contributed by atoms with E-state index in [1.165, 1.54) is 11.1 Å². The predicted octanol–water partition coefficient (Wildman–Crippen LogP) is 3.68. The fourth-order valence-electron chi connectivity index (χ4n) is 4.54. The number of rotatable bonds is 11. The van der Waals surface area contributed by atoms with E-state index in [9.17, 15) is 9.59 Å². The second-order valence-electron chi connectivity index (χ2n) is 10.1. The van der Waals surface area contributed by atoms with Crippen LogP contribution in [0.1, 0.15) is 30.5 Å². The Balaban J connectivity index is 1.40. The second-order valence-corrected chi connectivity index (χ2v) is 10.1. The molecule has 1 aromatic heterocycles. The van der Waals surface area contributed by atoms with Gasteiger partial charge in [-0.2, -0.15) is 0 Å². The second kappa shape index (κ2) is 12.7. The Morgan fingerprint density at radius 3 is 2.39 bits per heavy atom. The Bertz CT molecular complexity index is 1220. The van der Waals surface area contributed by atoms with Crippen molar-refractivity contribution in [3.8, 4) is 11.1 Å². The molecule has 0 spiro atoms. The average Bonchev–Trinajstić information content (AvgIpc) is 3.36. The third-order valence-electron chi connectivity index (χ3n) is 6.88. The fraction of sp³-hybridized carbons (Fsp3) is 0.367. The number of anilines is 1. The van der Waals surface area contributed by atoms with E-state index in [1.807, 2.05) is 60.6 Å². The molecule has 0 saturated heterocycles. The van der Waals surface area contributed by atoms with Crippen LogP contribution in [0.15, 0.2) is 67.0 Å². The summed E-state index contributed by atoms with van der Waals surface area (Å²) in [5.74, 6) is -0.223. The lowest BCUT2D eigenvalue weighted by Gasteiger charge is -2.31. The summed E-state index contributed by atoms with van der Waals surface area (Å²) in [6.07, 6.45) is 3.57. The lowest BCUT2D eigenvalue weighted by Crippen LogP contribution is -2.49. The number of hydrazine groups is 1. The number of aryl methyl sites for hydroxylation is 1. The maximum Gasteiger partial charge on any atom is 0.256 e. The van der Waals surface area contributed by atoms with Gasteiger partial charge in [-0.3, -0.25) is 19.6 Å². The van der Waals surface area contributed by atoms with E-state index in [-0.39, 0.29) is 24.9 Å². The molecule has 0 bridgehead atoms. The van der Waals surface area contributed by atoms with E-state index >= 15 is 0 Å². The minimum atomic E-state index is -0.117. The normalized spacial score (nSPS) is 12.9. The Morgan fingerprint density at radius 1 is 1.00 bits per heavy atom. The first-order valence-electron chi connectivity index (χ1n) is 13.2. The fourth-order valence-corrected chi connectivity index (χ4v) is 4.54. The van der Waals surface area contributed by atoms with Gasteiger partial charge in [-0.1, -0.05) is 56.3 Å². The van der Waals surface area contributed by atoms with Crippen LogP contribution in [0.4, 0.5) is 5.69 Å². The summed E-state index contributed by atoms with van der Waals surface area (Å²) in [6.45, 7) is 8.72. The SMILES string of the molecule is Cc1ccc(-c2cccnc2)cc1NCC(=O)N(CCNC(C)C)CC(=O)N(C)N1Cc2ccccc2C1. The molecule has 38 heavy (non-hydrogen) atoms. The van der Waals surface area contributed by atoms with Crippen molar-refractivity contribution in [1.82, 2.24) is 25.2 Å². The first-order valence-corrected chi connectivity index (χ1v) is 13.2. The summed E-state index contributed by atoms with van der Waals surface area (Å²) in [7, 11) is 1.79. The maximum atomic E-state index is 13.4. The highest BCUT2D eigenvalue weighted by molar-refractivity contribution is 5.87. The van der Waals surface area contributed by atoms with Crippen molar-refractivity contribution >= 4 is 17.5 Å². The number of fused-ring (bicyclic) bond motifs is 1. The Labute approximate surface area is 225 Å². The molecule has 0 saturated carbocycles. The van der Waals surface area contributed by atoms with Crippen molar-refractivity contribution in [2.24, 2.45) is 0 Å². The zero-order valence-electron chi connectivity index (χ0n) is 22.8. The number of hydrogen-bond donors (Lipinski definition) is 2. The minimum absolute atomic E-state index is 0.0261. The van der Waals surface area contributed by atoms with Gasteiger partial charge in [0, 0.05) is 62.9 Å². The van der Waals surface area contributed by atoms with Crippen molar-refractivity contribution in [1.29, 1.82) is 0 Å². The molecule has 2 amide bonds. The van der Waals surface area contributed by atoms with Crippen LogP contribution in [0.5, 0.6) is 0 Å². The summed E-state index contributed by atoms with van der Waals surface area (Å²) >= 11 is 0. The molecule has 2 N–H and O–H groups in total. The summed E-state index contributed by atoms with van der Waals surface area (Å²) < 4.78 is 0. The van der Waals surface area contributed by atoms with E-state index in [4.69, 9.17) is 0 Å². The van der Waals surface area contributed by atoms with Crippen LogP contribution in [0.2, 0.25) is 0 Å². The van der Waals surface area contributed by atoms with Crippen LogP contribution in [-0.4, -0.2) is 71.0 Å².